The number of aryl methyl sites for hydroxylation is 1. The zero-order chi connectivity index (χ0) is 13.0. The number of furan rings is 1. The molecule has 0 bridgehead atoms. The van der Waals surface area contributed by atoms with Crippen molar-refractivity contribution < 1.29 is 9.21 Å². The Hall–Kier alpha value is -2.00. The highest BCUT2D eigenvalue weighted by Crippen LogP contribution is 2.20. The van der Waals surface area contributed by atoms with E-state index in [0.29, 0.717) is 16.5 Å². The van der Waals surface area contributed by atoms with Gasteiger partial charge >= 0.3 is 0 Å². The lowest BCUT2D eigenvalue weighted by atomic mass is 10.2. The summed E-state index contributed by atoms with van der Waals surface area (Å²) in [5.74, 6) is 0.407. The fourth-order valence-electron chi connectivity index (χ4n) is 1.45. The number of amides is 1. The zero-order valence-corrected chi connectivity index (χ0v) is 10.6. The van der Waals surface area contributed by atoms with Gasteiger partial charge in [-0.2, -0.15) is 0 Å². The van der Waals surface area contributed by atoms with Gasteiger partial charge in [-0.15, -0.1) is 0 Å². The molecular formula is C14H12ClNO2. The van der Waals surface area contributed by atoms with E-state index in [0.717, 1.165) is 5.56 Å². The van der Waals surface area contributed by atoms with Crippen LogP contribution >= 0.6 is 11.6 Å². The van der Waals surface area contributed by atoms with Crippen molar-refractivity contribution in [3.05, 3.63) is 59.0 Å². The summed E-state index contributed by atoms with van der Waals surface area (Å²) in [6.45, 7) is 1.90. The first-order valence-corrected chi connectivity index (χ1v) is 5.81. The van der Waals surface area contributed by atoms with E-state index in [-0.39, 0.29) is 5.91 Å². The van der Waals surface area contributed by atoms with Crippen LogP contribution in [-0.2, 0) is 4.79 Å². The molecule has 2 aromatic rings. The second-order valence-corrected chi connectivity index (χ2v) is 4.23. The van der Waals surface area contributed by atoms with Crippen molar-refractivity contribution in [3.8, 4) is 0 Å². The Balaban J connectivity index is 2.05. The van der Waals surface area contributed by atoms with E-state index >= 15 is 0 Å². The number of hydrogen-bond acceptors (Lipinski definition) is 2. The summed E-state index contributed by atoms with van der Waals surface area (Å²) in [6, 6.07) is 8.89. The van der Waals surface area contributed by atoms with Crippen molar-refractivity contribution in [1.82, 2.24) is 0 Å². The van der Waals surface area contributed by atoms with Crippen molar-refractivity contribution in [2.24, 2.45) is 0 Å². The van der Waals surface area contributed by atoms with Crippen LogP contribution in [0, 0.1) is 6.92 Å². The van der Waals surface area contributed by atoms with Crippen LogP contribution in [0.2, 0.25) is 5.02 Å². The van der Waals surface area contributed by atoms with Crippen LogP contribution in [0.1, 0.15) is 11.3 Å². The van der Waals surface area contributed by atoms with Crippen LogP contribution in [0.15, 0.2) is 47.1 Å². The number of halogens is 1. The van der Waals surface area contributed by atoms with Crippen LogP contribution in [0.5, 0.6) is 0 Å². The highest BCUT2D eigenvalue weighted by atomic mass is 35.5. The highest BCUT2D eigenvalue weighted by molar-refractivity contribution is 6.31. The molecule has 2 rings (SSSR count). The maximum Gasteiger partial charge on any atom is 0.248 e. The average Bonchev–Trinajstić information content (AvgIpc) is 2.84. The summed E-state index contributed by atoms with van der Waals surface area (Å²) < 4.78 is 5.09. The number of hydrogen-bond donors (Lipinski definition) is 1. The lowest BCUT2D eigenvalue weighted by molar-refractivity contribution is -0.111. The van der Waals surface area contributed by atoms with Crippen LogP contribution in [0.3, 0.4) is 0 Å². The Morgan fingerprint density at radius 3 is 2.94 bits per heavy atom. The molecule has 1 heterocycles. The number of nitrogens with one attached hydrogen (secondary N) is 1. The quantitative estimate of drug-likeness (QED) is 0.852. The average molecular weight is 262 g/mol. The molecule has 0 aliphatic carbocycles. The fourth-order valence-corrected chi connectivity index (χ4v) is 1.62. The molecule has 1 aromatic heterocycles. The van der Waals surface area contributed by atoms with E-state index in [2.05, 4.69) is 5.32 Å². The highest BCUT2D eigenvalue weighted by Gasteiger charge is 2.02. The minimum atomic E-state index is -0.225. The van der Waals surface area contributed by atoms with Gasteiger partial charge in [0, 0.05) is 16.8 Å². The van der Waals surface area contributed by atoms with Gasteiger partial charge in [0.05, 0.1) is 6.26 Å². The standard InChI is InChI=1S/C14H12ClNO2/c1-10-4-5-11(15)9-13(10)16-14(17)7-6-12-3-2-8-18-12/h2-9H,1H3,(H,16,17). The van der Waals surface area contributed by atoms with Crippen molar-refractivity contribution in [1.29, 1.82) is 0 Å². The van der Waals surface area contributed by atoms with Crippen molar-refractivity contribution in [2.45, 2.75) is 6.92 Å². The molecule has 0 fully saturated rings. The summed E-state index contributed by atoms with van der Waals surface area (Å²) in [6.07, 6.45) is 4.58. The molecule has 18 heavy (non-hydrogen) atoms. The van der Waals surface area contributed by atoms with E-state index in [1.807, 2.05) is 13.0 Å². The van der Waals surface area contributed by atoms with Gasteiger partial charge in [0.15, 0.2) is 0 Å². The molecule has 0 unspecified atom stereocenters. The first-order valence-electron chi connectivity index (χ1n) is 5.44. The molecule has 0 spiro atoms. The Kier molecular flexibility index (Phi) is 3.85. The SMILES string of the molecule is Cc1ccc(Cl)cc1NC(=O)C=Cc1ccco1. The molecular weight excluding hydrogens is 250 g/mol. The third-order valence-corrected chi connectivity index (χ3v) is 2.63. The van der Waals surface area contributed by atoms with Gasteiger partial charge in [0.2, 0.25) is 5.91 Å². The predicted octanol–water partition coefficient (Wildman–Crippen LogP) is 3.89. The third kappa shape index (κ3) is 3.25. The molecule has 1 N–H and O–H groups in total. The van der Waals surface area contributed by atoms with E-state index in [4.69, 9.17) is 16.0 Å². The molecule has 0 atom stereocenters. The maximum absolute atomic E-state index is 11.7. The van der Waals surface area contributed by atoms with Crippen LogP contribution in [0.25, 0.3) is 6.08 Å². The lowest BCUT2D eigenvalue weighted by Crippen LogP contribution is -2.08. The Labute approximate surface area is 110 Å². The van der Waals surface area contributed by atoms with Crippen LogP contribution in [-0.4, -0.2) is 5.91 Å². The minimum absolute atomic E-state index is 0.225. The molecule has 0 saturated carbocycles. The molecule has 1 aromatic carbocycles. The largest absolute Gasteiger partial charge is 0.465 e. The van der Waals surface area contributed by atoms with Gasteiger partial charge < -0.3 is 9.73 Å². The van der Waals surface area contributed by atoms with E-state index in [1.165, 1.54) is 6.08 Å². The van der Waals surface area contributed by atoms with Gasteiger partial charge in [-0.25, -0.2) is 0 Å². The molecule has 1 amide bonds. The second kappa shape index (κ2) is 5.56. The number of carbonyl (C=O) groups excluding carboxylic acids is 1. The normalized spacial score (nSPS) is 10.8. The first-order chi connectivity index (χ1) is 8.65. The number of rotatable bonds is 3. The third-order valence-electron chi connectivity index (χ3n) is 2.40. The summed E-state index contributed by atoms with van der Waals surface area (Å²) in [5, 5.41) is 3.35. The van der Waals surface area contributed by atoms with Gasteiger partial charge in [-0.1, -0.05) is 17.7 Å². The summed E-state index contributed by atoms with van der Waals surface area (Å²) in [7, 11) is 0. The summed E-state index contributed by atoms with van der Waals surface area (Å²) in [5.41, 5.74) is 1.66. The summed E-state index contributed by atoms with van der Waals surface area (Å²) in [4.78, 5) is 11.7. The number of anilines is 1. The lowest BCUT2D eigenvalue weighted by Gasteiger charge is -2.06. The molecule has 0 aliphatic rings. The zero-order valence-electron chi connectivity index (χ0n) is 9.81. The Bertz CT molecular complexity index is 573. The Morgan fingerprint density at radius 2 is 2.22 bits per heavy atom. The monoisotopic (exact) mass is 261 g/mol. The molecule has 0 saturated heterocycles. The topological polar surface area (TPSA) is 42.2 Å². The first kappa shape index (κ1) is 12.5. The molecule has 4 heteroatoms. The van der Waals surface area contributed by atoms with E-state index in [1.54, 1.807) is 36.6 Å². The van der Waals surface area contributed by atoms with Crippen molar-refractivity contribution >= 4 is 29.3 Å². The van der Waals surface area contributed by atoms with Gasteiger partial charge in [0.1, 0.15) is 5.76 Å². The molecule has 3 nitrogen and oxygen atoms in total. The maximum atomic E-state index is 11.7. The predicted molar refractivity (Wildman–Crippen MR) is 72.6 cm³/mol. The number of carbonyl (C=O) groups is 1. The van der Waals surface area contributed by atoms with Gasteiger partial charge in [-0.05, 0) is 42.8 Å². The van der Waals surface area contributed by atoms with E-state index in [9.17, 15) is 4.79 Å². The van der Waals surface area contributed by atoms with E-state index < -0.39 is 0 Å². The smallest absolute Gasteiger partial charge is 0.248 e. The van der Waals surface area contributed by atoms with Crippen LogP contribution in [0.4, 0.5) is 5.69 Å². The Morgan fingerprint density at radius 1 is 1.39 bits per heavy atom. The molecule has 0 radical (unpaired) electrons. The number of benzene rings is 1. The van der Waals surface area contributed by atoms with Crippen LogP contribution < -0.4 is 5.32 Å². The fraction of sp³-hybridized carbons (Fsp3) is 0.0714. The van der Waals surface area contributed by atoms with Crippen molar-refractivity contribution in [3.63, 3.8) is 0 Å². The molecule has 92 valence electrons. The van der Waals surface area contributed by atoms with Gasteiger partial charge in [0.25, 0.3) is 0 Å². The van der Waals surface area contributed by atoms with Gasteiger partial charge in [-0.3, -0.25) is 4.79 Å². The second-order valence-electron chi connectivity index (χ2n) is 3.80. The van der Waals surface area contributed by atoms with Crippen molar-refractivity contribution in [2.75, 3.05) is 5.32 Å². The summed E-state index contributed by atoms with van der Waals surface area (Å²) >= 11 is 5.87. The minimum Gasteiger partial charge on any atom is -0.465 e. The molecule has 0 aliphatic heterocycles.